The number of nitrogens with zero attached hydrogens (tertiary/aromatic N) is 3. The summed E-state index contributed by atoms with van der Waals surface area (Å²) < 4.78 is 18.5. The van der Waals surface area contributed by atoms with E-state index in [0.29, 0.717) is 22.3 Å². The molecule has 2 aromatic rings. The molecule has 7 nitrogen and oxygen atoms in total. The van der Waals surface area contributed by atoms with Crippen molar-refractivity contribution in [2.24, 2.45) is 5.92 Å². The zero-order valence-corrected chi connectivity index (χ0v) is 14.5. The second kappa shape index (κ2) is 7.24. The maximum Gasteiger partial charge on any atom is 0.232 e. The highest BCUT2D eigenvalue weighted by Crippen LogP contribution is 2.38. The lowest BCUT2D eigenvalue weighted by Crippen LogP contribution is -2.30. The van der Waals surface area contributed by atoms with E-state index in [-0.39, 0.29) is 18.2 Å². The Morgan fingerprint density at radius 2 is 2.28 bits per heavy atom. The van der Waals surface area contributed by atoms with E-state index in [0.717, 1.165) is 0 Å². The van der Waals surface area contributed by atoms with Crippen molar-refractivity contribution in [3.63, 3.8) is 0 Å². The van der Waals surface area contributed by atoms with Crippen molar-refractivity contribution in [3.8, 4) is 0 Å². The van der Waals surface area contributed by atoms with Gasteiger partial charge in [0.05, 0.1) is 12.0 Å². The molecule has 0 bridgehead atoms. The predicted octanol–water partition coefficient (Wildman–Crippen LogP) is 1.98. The molecule has 1 aliphatic rings. The van der Waals surface area contributed by atoms with Crippen LogP contribution in [0.4, 0.5) is 9.52 Å². The van der Waals surface area contributed by atoms with Gasteiger partial charge in [0.2, 0.25) is 16.9 Å². The summed E-state index contributed by atoms with van der Waals surface area (Å²) in [4.78, 5) is 26.3. The van der Waals surface area contributed by atoms with E-state index in [1.165, 1.54) is 28.4 Å². The number of ether oxygens (including phenoxy) is 1. The minimum Gasteiger partial charge on any atom is -0.377 e. The Bertz CT molecular complexity index is 797. The summed E-state index contributed by atoms with van der Waals surface area (Å²) in [5.41, 5.74) is 0.589. The Hall–Kier alpha value is -2.39. The van der Waals surface area contributed by atoms with Gasteiger partial charge in [0.25, 0.3) is 0 Å². The monoisotopic (exact) mass is 364 g/mol. The summed E-state index contributed by atoms with van der Waals surface area (Å²) in [6.07, 6.45) is 0.0627. The van der Waals surface area contributed by atoms with Gasteiger partial charge in [0.1, 0.15) is 17.4 Å². The van der Waals surface area contributed by atoms with Gasteiger partial charge in [0, 0.05) is 20.6 Å². The maximum absolute atomic E-state index is 13.6. The van der Waals surface area contributed by atoms with Crippen LogP contribution < -0.4 is 5.32 Å². The topological polar surface area (TPSA) is 84.4 Å². The van der Waals surface area contributed by atoms with E-state index in [1.807, 2.05) is 0 Å². The van der Waals surface area contributed by atoms with Crippen LogP contribution in [0.2, 0.25) is 0 Å². The number of carbonyl (C=O) groups is 2. The number of nitrogens with one attached hydrogen (secondary N) is 1. The number of carbonyl (C=O) groups excluding carboxylic acids is 2. The number of benzene rings is 1. The van der Waals surface area contributed by atoms with Gasteiger partial charge in [-0.3, -0.25) is 9.59 Å². The van der Waals surface area contributed by atoms with Gasteiger partial charge >= 0.3 is 0 Å². The highest BCUT2D eigenvalue weighted by molar-refractivity contribution is 7.15. The Balaban J connectivity index is 1.80. The number of aromatic nitrogens is 2. The van der Waals surface area contributed by atoms with Crippen LogP contribution in [0.5, 0.6) is 0 Å². The Kier molecular flexibility index (Phi) is 5.05. The molecular formula is C16H17FN4O3S. The van der Waals surface area contributed by atoms with Gasteiger partial charge in [-0.05, 0) is 17.7 Å². The quantitative estimate of drug-likeness (QED) is 0.877. The van der Waals surface area contributed by atoms with Crippen molar-refractivity contribution < 1.29 is 18.7 Å². The lowest BCUT2D eigenvalue weighted by atomic mass is 9.93. The van der Waals surface area contributed by atoms with Crippen LogP contribution in [0.15, 0.2) is 24.3 Å². The van der Waals surface area contributed by atoms with E-state index in [4.69, 9.17) is 4.74 Å². The number of hydrogen-bond donors (Lipinski definition) is 1. The van der Waals surface area contributed by atoms with Crippen LogP contribution in [0.3, 0.4) is 0 Å². The first-order valence-electron chi connectivity index (χ1n) is 7.63. The number of methoxy groups -OCH3 is 1. The van der Waals surface area contributed by atoms with Crippen LogP contribution in [0, 0.1) is 11.7 Å². The molecule has 2 heterocycles. The molecule has 2 atom stereocenters. The highest BCUT2D eigenvalue weighted by atomic mass is 32.1. The van der Waals surface area contributed by atoms with Crippen molar-refractivity contribution in [3.05, 3.63) is 40.7 Å². The molecular weight excluding hydrogens is 347 g/mol. The van der Waals surface area contributed by atoms with Crippen LogP contribution in [0.25, 0.3) is 0 Å². The summed E-state index contributed by atoms with van der Waals surface area (Å²) in [7, 11) is 3.16. The van der Waals surface area contributed by atoms with Gasteiger partial charge < -0.3 is 15.0 Å². The standard InChI is InChI=1S/C16H17FN4O3S/c1-21-13(22)7-11(14(21)9-4-3-5-10(17)6-9)15(23)18-16-20-19-12(25-16)8-24-2/h3-6,11,14H,7-8H2,1-2H3,(H,18,20,23)/t11-,14-/m0/s1. The number of amides is 2. The number of rotatable bonds is 5. The predicted molar refractivity (Wildman–Crippen MR) is 89.3 cm³/mol. The number of hydrogen-bond acceptors (Lipinski definition) is 6. The van der Waals surface area contributed by atoms with Crippen molar-refractivity contribution in [2.45, 2.75) is 19.1 Å². The molecule has 1 aliphatic heterocycles. The van der Waals surface area contributed by atoms with Crippen molar-refractivity contribution in [1.29, 1.82) is 0 Å². The Morgan fingerprint density at radius 3 is 3.00 bits per heavy atom. The molecule has 1 fully saturated rings. The van der Waals surface area contributed by atoms with Crippen molar-refractivity contribution in [1.82, 2.24) is 15.1 Å². The third-order valence-corrected chi connectivity index (χ3v) is 4.89. The Labute approximate surface area is 147 Å². The molecule has 25 heavy (non-hydrogen) atoms. The van der Waals surface area contributed by atoms with Crippen LogP contribution in [0.1, 0.15) is 23.0 Å². The maximum atomic E-state index is 13.6. The molecule has 1 saturated heterocycles. The fourth-order valence-electron chi connectivity index (χ4n) is 2.94. The Morgan fingerprint density at radius 1 is 1.48 bits per heavy atom. The number of anilines is 1. The fraction of sp³-hybridized carbons (Fsp3) is 0.375. The van der Waals surface area contributed by atoms with Crippen molar-refractivity contribution >= 4 is 28.3 Å². The molecule has 132 valence electrons. The van der Waals surface area contributed by atoms with E-state index in [9.17, 15) is 14.0 Å². The molecule has 1 aromatic carbocycles. The van der Waals surface area contributed by atoms with Crippen LogP contribution >= 0.6 is 11.3 Å². The summed E-state index contributed by atoms with van der Waals surface area (Å²) in [6, 6.07) is 5.44. The molecule has 9 heteroatoms. The molecule has 1 N–H and O–H groups in total. The molecule has 2 amide bonds. The lowest BCUT2D eigenvalue weighted by Gasteiger charge is -2.24. The summed E-state index contributed by atoms with van der Waals surface area (Å²) in [6.45, 7) is 0.310. The third-order valence-electron chi connectivity index (χ3n) is 4.08. The average molecular weight is 364 g/mol. The summed E-state index contributed by atoms with van der Waals surface area (Å²) >= 11 is 1.21. The SMILES string of the molecule is COCc1nnc(NC(=O)[C@H]2CC(=O)N(C)[C@H]2c2cccc(F)c2)s1. The molecule has 0 saturated carbocycles. The number of likely N-dealkylation sites (tertiary alicyclic amines) is 1. The normalized spacial score (nSPS) is 20.1. The van der Waals surface area contributed by atoms with Gasteiger partial charge in [-0.25, -0.2) is 4.39 Å². The van der Waals surface area contributed by atoms with E-state index < -0.39 is 17.8 Å². The van der Waals surface area contributed by atoms with Gasteiger partial charge in [-0.1, -0.05) is 23.5 Å². The average Bonchev–Trinajstić information content (AvgIpc) is 3.13. The van der Waals surface area contributed by atoms with Crippen LogP contribution in [-0.4, -0.2) is 41.1 Å². The smallest absolute Gasteiger partial charge is 0.232 e. The molecule has 0 radical (unpaired) electrons. The zero-order chi connectivity index (χ0) is 18.0. The molecule has 0 aliphatic carbocycles. The van der Waals surface area contributed by atoms with E-state index in [1.54, 1.807) is 26.3 Å². The van der Waals surface area contributed by atoms with Gasteiger partial charge in [-0.15, -0.1) is 10.2 Å². The first kappa shape index (κ1) is 17.4. The minimum absolute atomic E-state index is 0.0627. The second-order valence-electron chi connectivity index (χ2n) is 5.74. The first-order chi connectivity index (χ1) is 12.0. The number of halogens is 1. The van der Waals surface area contributed by atoms with Crippen molar-refractivity contribution in [2.75, 3.05) is 19.5 Å². The van der Waals surface area contributed by atoms with Gasteiger partial charge in [0.15, 0.2) is 0 Å². The fourth-order valence-corrected chi connectivity index (χ4v) is 3.65. The second-order valence-corrected chi connectivity index (χ2v) is 6.80. The summed E-state index contributed by atoms with van der Waals surface area (Å²) in [5, 5.41) is 11.5. The third kappa shape index (κ3) is 3.67. The molecule has 3 rings (SSSR count). The first-order valence-corrected chi connectivity index (χ1v) is 8.44. The molecule has 1 aromatic heterocycles. The lowest BCUT2D eigenvalue weighted by molar-refractivity contribution is -0.128. The summed E-state index contributed by atoms with van der Waals surface area (Å²) in [5.74, 6) is -1.54. The van der Waals surface area contributed by atoms with E-state index >= 15 is 0 Å². The van der Waals surface area contributed by atoms with E-state index in [2.05, 4.69) is 15.5 Å². The zero-order valence-electron chi connectivity index (χ0n) is 13.7. The highest BCUT2D eigenvalue weighted by Gasteiger charge is 2.43. The van der Waals surface area contributed by atoms with Crippen LogP contribution in [-0.2, 0) is 20.9 Å². The molecule has 0 spiro atoms. The van der Waals surface area contributed by atoms with Gasteiger partial charge in [-0.2, -0.15) is 0 Å². The molecule has 0 unspecified atom stereocenters. The largest absolute Gasteiger partial charge is 0.377 e. The minimum atomic E-state index is -0.630.